The normalized spacial score (nSPS) is 11.6. The molecule has 0 aliphatic rings. The summed E-state index contributed by atoms with van der Waals surface area (Å²) >= 11 is 3.39. The number of rotatable bonds is 6. The summed E-state index contributed by atoms with van der Waals surface area (Å²) < 4.78 is 0.932. The average molecular weight is 389 g/mol. The molecule has 0 saturated carbocycles. The van der Waals surface area contributed by atoms with E-state index in [1.165, 1.54) is 0 Å². The van der Waals surface area contributed by atoms with E-state index in [0.717, 1.165) is 16.5 Å². The minimum absolute atomic E-state index is 0.0860. The number of anilines is 1. The van der Waals surface area contributed by atoms with Crippen molar-refractivity contribution in [2.75, 3.05) is 5.32 Å². The summed E-state index contributed by atoms with van der Waals surface area (Å²) in [5.74, 6) is -0.334. The van der Waals surface area contributed by atoms with E-state index < -0.39 is 0 Å². The second kappa shape index (κ2) is 8.64. The van der Waals surface area contributed by atoms with Gasteiger partial charge in [0.1, 0.15) is 0 Å². The lowest BCUT2D eigenvalue weighted by Crippen LogP contribution is -2.32. The molecule has 0 fully saturated rings. The first-order valence-electron chi connectivity index (χ1n) is 7.93. The third-order valence-corrected chi connectivity index (χ3v) is 4.18. The molecule has 1 unspecified atom stereocenters. The molecule has 2 aromatic carbocycles. The fourth-order valence-electron chi connectivity index (χ4n) is 2.22. The third kappa shape index (κ3) is 5.20. The molecule has 4 nitrogen and oxygen atoms in total. The van der Waals surface area contributed by atoms with Crippen LogP contribution in [0.1, 0.15) is 36.2 Å². The molecular weight excluding hydrogens is 368 g/mol. The first-order chi connectivity index (χ1) is 11.5. The van der Waals surface area contributed by atoms with Crippen LogP contribution in [0.5, 0.6) is 0 Å². The van der Waals surface area contributed by atoms with Gasteiger partial charge in [-0.3, -0.25) is 9.59 Å². The molecule has 126 valence electrons. The van der Waals surface area contributed by atoms with Gasteiger partial charge < -0.3 is 10.6 Å². The molecule has 24 heavy (non-hydrogen) atoms. The van der Waals surface area contributed by atoms with Gasteiger partial charge in [-0.15, -0.1) is 0 Å². The quantitative estimate of drug-likeness (QED) is 0.780. The van der Waals surface area contributed by atoms with Crippen LogP contribution in [0, 0.1) is 0 Å². The zero-order valence-corrected chi connectivity index (χ0v) is 15.4. The maximum absolute atomic E-state index is 12.4. The fraction of sp³-hybridized carbons (Fsp3) is 0.263. The van der Waals surface area contributed by atoms with Crippen molar-refractivity contribution in [3.63, 3.8) is 0 Å². The van der Waals surface area contributed by atoms with Crippen LogP contribution in [0.15, 0.2) is 53.0 Å². The highest BCUT2D eigenvalue weighted by Gasteiger charge is 2.14. The van der Waals surface area contributed by atoms with Crippen LogP contribution in [0.3, 0.4) is 0 Å². The summed E-state index contributed by atoms with van der Waals surface area (Å²) in [6.07, 6.45) is 1.10. The summed E-state index contributed by atoms with van der Waals surface area (Å²) in [5.41, 5.74) is 1.90. The molecule has 0 heterocycles. The van der Waals surface area contributed by atoms with Crippen LogP contribution in [0.2, 0.25) is 0 Å². The molecule has 0 spiro atoms. The van der Waals surface area contributed by atoms with Gasteiger partial charge in [0, 0.05) is 10.5 Å². The van der Waals surface area contributed by atoms with Crippen LogP contribution >= 0.6 is 15.9 Å². The van der Waals surface area contributed by atoms with Crippen LogP contribution in [-0.4, -0.2) is 17.9 Å². The van der Waals surface area contributed by atoms with E-state index >= 15 is 0 Å². The summed E-state index contributed by atoms with van der Waals surface area (Å²) in [5, 5.41) is 5.76. The first kappa shape index (κ1) is 18.2. The van der Waals surface area contributed by atoms with Crippen molar-refractivity contribution < 1.29 is 9.59 Å². The molecule has 2 rings (SSSR count). The van der Waals surface area contributed by atoms with Gasteiger partial charge in [0.15, 0.2) is 0 Å². The molecule has 5 heteroatoms. The molecule has 0 aliphatic heterocycles. The number of amides is 2. The van der Waals surface area contributed by atoms with Crippen molar-refractivity contribution >= 4 is 33.4 Å². The van der Waals surface area contributed by atoms with Crippen LogP contribution in [-0.2, 0) is 11.2 Å². The minimum Gasteiger partial charge on any atom is -0.350 e. The van der Waals surface area contributed by atoms with Crippen LogP contribution in [0.25, 0.3) is 0 Å². The Morgan fingerprint density at radius 3 is 2.58 bits per heavy atom. The lowest BCUT2D eigenvalue weighted by molar-refractivity contribution is -0.115. The lowest BCUT2D eigenvalue weighted by atomic mass is 10.1. The van der Waals surface area contributed by atoms with E-state index in [1.54, 1.807) is 24.3 Å². The van der Waals surface area contributed by atoms with E-state index in [1.807, 2.05) is 38.1 Å². The fourth-order valence-corrected chi connectivity index (χ4v) is 2.67. The lowest BCUT2D eigenvalue weighted by Gasteiger charge is -2.14. The van der Waals surface area contributed by atoms with Gasteiger partial charge in [0.05, 0.1) is 17.7 Å². The number of nitrogens with one attached hydrogen (secondary N) is 2. The zero-order chi connectivity index (χ0) is 17.5. The number of halogens is 1. The highest BCUT2D eigenvalue weighted by molar-refractivity contribution is 9.10. The van der Waals surface area contributed by atoms with E-state index in [0.29, 0.717) is 11.3 Å². The van der Waals surface area contributed by atoms with E-state index in [2.05, 4.69) is 26.6 Å². The molecule has 1 atom stereocenters. The molecule has 2 N–H and O–H groups in total. The molecule has 0 bridgehead atoms. The van der Waals surface area contributed by atoms with Crippen molar-refractivity contribution in [3.8, 4) is 0 Å². The van der Waals surface area contributed by atoms with Crippen LogP contribution in [0.4, 0.5) is 5.69 Å². The zero-order valence-electron chi connectivity index (χ0n) is 13.8. The van der Waals surface area contributed by atoms with Crippen molar-refractivity contribution in [1.82, 2.24) is 5.32 Å². The highest BCUT2D eigenvalue weighted by Crippen LogP contribution is 2.17. The van der Waals surface area contributed by atoms with Crippen molar-refractivity contribution in [2.45, 2.75) is 32.7 Å². The molecule has 2 amide bonds. The molecule has 2 aromatic rings. The van der Waals surface area contributed by atoms with Gasteiger partial charge in [-0.1, -0.05) is 47.1 Å². The van der Waals surface area contributed by atoms with E-state index in [-0.39, 0.29) is 24.3 Å². The number of hydrogen-bond acceptors (Lipinski definition) is 2. The molecule has 0 aromatic heterocycles. The van der Waals surface area contributed by atoms with Crippen molar-refractivity contribution in [2.24, 2.45) is 0 Å². The predicted molar refractivity (Wildman–Crippen MR) is 100 cm³/mol. The van der Waals surface area contributed by atoms with E-state index in [4.69, 9.17) is 0 Å². The molecule has 0 aliphatic carbocycles. The Labute approximate surface area is 150 Å². The largest absolute Gasteiger partial charge is 0.350 e. The molecule has 0 saturated heterocycles. The highest BCUT2D eigenvalue weighted by atomic mass is 79.9. The van der Waals surface area contributed by atoms with Gasteiger partial charge in [0.25, 0.3) is 5.91 Å². The number of para-hydroxylation sites is 1. The van der Waals surface area contributed by atoms with Gasteiger partial charge >= 0.3 is 0 Å². The Morgan fingerprint density at radius 1 is 1.12 bits per heavy atom. The summed E-state index contributed by atoms with van der Waals surface area (Å²) in [6, 6.07) is 14.7. The Balaban J connectivity index is 2.09. The average Bonchev–Trinajstić information content (AvgIpc) is 2.55. The first-order valence-corrected chi connectivity index (χ1v) is 8.73. The Kier molecular flexibility index (Phi) is 6.55. The summed E-state index contributed by atoms with van der Waals surface area (Å²) in [4.78, 5) is 24.6. The Bertz CT molecular complexity index is 731. The summed E-state index contributed by atoms with van der Waals surface area (Å²) in [7, 11) is 0. The van der Waals surface area contributed by atoms with Crippen molar-refractivity contribution in [1.29, 1.82) is 0 Å². The number of hydrogen-bond donors (Lipinski definition) is 2. The topological polar surface area (TPSA) is 58.2 Å². The van der Waals surface area contributed by atoms with Gasteiger partial charge in [-0.05, 0) is 43.2 Å². The van der Waals surface area contributed by atoms with Crippen molar-refractivity contribution in [3.05, 3.63) is 64.1 Å². The monoisotopic (exact) mass is 388 g/mol. The molecular formula is C19H21BrN2O2. The number of carbonyl (C=O) groups is 2. The smallest absolute Gasteiger partial charge is 0.253 e. The Morgan fingerprint density at radius 2 is 1.88 bits per heavy atom. The molecule has 0 radical (unpaired) electrons. The maximum atomic E-state index is 12.4. The van der Waals surface area contributed by atoms with Gasteiger partial charge in [0.2, 0.25) is 5.91 Å². The standard InChI is InChI=1S/C19H21BrN2O2/c1-3-13(2)21-19(24)16-9-4-5-10-17(16)22-18(23)12-14-7-6-8-15(20)11-14/h4-11,13H,3,12H2,1-2H3,(H,21,24)(H,22,23). The van der Waals surface area contributed by atoms with E-state index in [9.17, 15) is 9.59 Å². The SMILES string of the molecule is CCC(C)NC(=O)c1ccccc1NC(=O)Cc1cccc(Br)c1. The van der Waals surface area contributed by atoms with Gasteiger partial charge in [-0.25, -0.2) is 0 Å². The second-order valence-corrected chi connectivity index (χ2v) is 6.60. The summed E-state index contributed by atoms with van der Waals surface area (Å²) in [6.45, 7) is 3.96. The van der Waals surface area contributed by atoms with Gasteiger partial charge in [-0.2, -0.15) is 0 Å². The number of benzene rings is 2. The van der Waals surface area contributed by atoms with Crippen LogP contribution < -0.4 is 10.6 Å². The maximum Gasteiger partial charge on any atom is 0.253 e. The predicted octanol–water partition coefficient (Wildman–Crippen LogP) is 4.16. The number of carbonyl (C=O) groups excluding carboxylic acids is 2. The Hall–Kier alpha value is -2.14. The third-order valence-electron chi connectivity index (χ3n) is 3.69. The second-order valence-electron chi connectivity index (χ2n) is 5.68. The minimum atomic E-state index is -0.178.